The second-order valence-electron chi connectivity index (χ2n) is 9.13. The van der Waals surface area contributed by atoms with E-state index in [9.17, 15) is 9.18 Å². The lowest BCUT2D eigenvalue weighted by Gasteiger charge is -2.32. The van der Waals surface area contributed by atoms with Gasteiger partial charge in [0.1, 0.15) is 34.4 Å². The van der Waals surface area contributed by atoms with E-state index < -0.39 is 11.6 Å². The summed E-state index contributed by atoms with van der Waals surface area (Å²) in [6.07, 6.45) is 1.80. The fraction of sp³-hybridized carbons (Fsp3) is 0.308. The number of amides is 1. The van der Waals surface area contributed by atoms with Crippen molar-refractivity contribution in [2.45, 2.75) is 25.8 Å². The van der Waals surface area contributed by atoms with Crippen LogP contribution < -0.4 is 5.32 Å². The molecule has 3 heterocycles. The third-order valence-corrected chi connectivity index (χ3v) is 7.29. The van der Waals surface area contributed by atoms with Crippen molar-refractivity contribution < 1.29 is 13.6 Å². The van der Waals surface area contributed by atoms with Crippen LogP contribution in [0, 0.1) is 29.9 Å². The van der Waals surface area contributed by atoms with Gasteiger partial charge in [-0.1, -0.05) is 11.6 Å². The Morgan fingerprint density at radius 3 is 2.73 bits per heavy atom. The number of hydrogen-bond acceptors (Lipinski definition) is 5. The van der Waals surface area contributed by atoms with E-state index in [0.29, 0.717) is 40.4 Å². The Hall–Kier alpha value is -3.81. The molecule has 5 rings (SSSR count). The first-order chi connectivity index (χ1) is 17.7. The number of nitrogens with one attached hydrogen (secondary N) is 1. The molecule has 0 bridgehead atoms. The van der Waals surface area contributed by atoms with Gasteiger partial charge in [-0.2, -0.15) is 10.4 Å². The summed E-state index contributed by atoms with van der Waals surface area (Å²) < 4.78 is 33.1. The zero-order chi connectivity index (χ0) is 26.4. The Kier molecular flexibility index (Phi) is 6.43. The molecule has 1 aliphatic heterocycles. The molecule has 2 aromatic heterocycles. The minimum absolute atomic E-state index is 0.0953. The number of nitrogens with zero attached hydrogens (tertiary/aromatic N) is 6. The summed E-state index contributed by atoms with van der Waals surface area (Å²) in [6, 6.07) is 8.80. The Morgan fingerprint density at radius 2 is 2.03 bits per heavy atom. The van der Waals surface area contributed by atoms with Gasteiger partial charge in [-0.3, -0.25) is 14.0 Å². The summed E-state index contributed by atoms with van der Waals surface area (Å²) in [6.45, 7) is 2.78. The number of likely N-dealkylation sites (N-methyl/N-ethyl adjacent to an activating group) is 1. The highest BCUT2D eigenvalue weighted by molar-refractivity contribution is 6.34. The lowest BCUT2D eigenvalue weighted by molar-refractivity contribution is 0.0692. The van der Waals surface area contributed by atoms with Crippen molar-refractivity contribution in [3.05, 3.63) is 64.1 Å². The number of likely N-dealkylation sites (tertiary alicyclic amines) is 1. The maximum absolute atomic E-state index is 15.5. The van der Waals surface area contributed by atoms with Gasteiger partial charge in [0, 0.05) is 43.2 Å². The number of carbonyl (C=O) groups excluding carboxylic acids is 1. The third kappa shape index (κ3) is 4.24. The van der Waals surface area contributed by atoms with Crippen molar-refractivity contribution in [1.29, 1.82) is 5.26 Å². The molecule has 0 aliphatic carbocycles. The second-order valence-corrected chi connectivity index (χ2v) is 9.48. The molecule has 1 aliphatic rings. The number of benzene rings is 2. The number of halogens is 3. The number of piperidine rings is 1. The molecular formula is C26H24ClF2N7O. The SMILES string of the molecule is CN[C@@H]1CCCN(C(=O)c2nc(-c3ccc(C#N)c(F)c3)n(-c3cc4c(Cl)n(C)nc4cc3F)c2C)C1. The normalized spacial score (nSPS) is 15.8. The second kappa shape index (κ2) is 9.57. The molecule has 0 radical (unpaired) electrons. The highest BCUT2D eigenvalue weighted by Crippen LogP contribution is 2.33. The van der Waals surface area contributed by atoms with Crippen LogP contribution in [0.4, 0.5) is 8.78 Å². The summed E-state index contributed by atoms with van der Waals surface area (Å²) in [5.41, 5.74) is 1.18. The topological polar surface area (TPSA) is 91.8 Å². The molecule has 1 amide bonds. The predicted molar refractivity (Wildman–Crippen MR) is 136 cm³/mol. The lowest BCUT2D eigenvalue weighted by atomic mass is 10.1. The maximum atomic E-state index is 15.5. The third-order valence-electron chi connectivity index (χ3n) is 6.84. The first-order valence-corrected chi connectivity index (χ1v) is 12.2. The first-order valence-electron chi connectivity index (χ1n) is 11.8. The molecule has 0 saturated carbocycles. The number of aromatic nitrogens is 4. The van der Waals surface area contributed by atoms with Crippen molar-refractivity contribution in [2.24, 2.45) is 7.05 Å². The van der Waals surface area contributed by atoms with Crippen LogP contribution in [-0.4, -0.2) is 56.3 Å². The summed E-state index contributed by atoms with van der Waals surface area (Å²) in [5, 5.41) is 17.4. The highest BCUT2D eigenvalue weighted by atomic mass is 35.5. The molecule has 0 spiro atoms. The van der Waals surface area contributed by atoms with Gasteiger partial charge in [0.25, 0.3) is 5.91 Å². The van der Waals surface area contributed by atoms with E-state index in [2.05, 4.69) is 15.4 Å². The van der Waals surface area contributed by atoms with E-state index in [0.717, 1.165) is 18.9 Å². The van der Waals surface area contributed by atoms with E-state index in [1.165, 1.54) is 27.4 Å². The molecule has 8 nitrogen and oxygen atoms in total. The standard InChI is InChI=1S/C26H24ClF2N7O/c1-14-23(26(37)35-8-4-5-17(13-35)31-2)32-25(15-6-7-16(12-30)19(28)9-15)36(14)22-10-18-21(11-20(22)29)33-34(3)24(18)27/h6-7,9-11,17,31H,4-5,8,13H2,1-3H3/t17-/m1/s1. The van der Waals surface area contributed by atoms with E-state index in [1.807, 2.05) is 7.05 Å². The largest absolute Gasteiger partial charge is 0.336 e. The van der Waals surface area contributed by atoms with Crippen LogP contribution in [0.25, 0.3) is 28.0 Å². The minimum atomic E-state index is -0.737. The summed E-state index contributed by atoms with van der Waals surface area (Å²) >= 11 is 6.39. The smallest absolute Gasteiger partial charge is 0.274 e. The first kappa shape index (κ1) is 24.9. The Morgan fingerprint density at radius 1 is 1.24 bits per heavy atom. The maximum Gasteiger partial charge on any atom is 0.274 e. The van der Waals surface area contributed by atoms with Gasteiger partial charge in [0.2, 0.25) is 0 Å². The summed E-state index contributed by atoms with van der Waals surface area (Å²) in [7, 11) is 3.51. The molecular weight excluding hydrogens is 500 g/mol. The average Bonchev–Trinajstić information content (AvgIpc) is 3.38. The van der Waals surface area contributed by atoms with E-state index >= 15 is 4.39 Å². The number of imidazole rings is 1. The van der Waals surface area contributed by atoms with Crippen LogP contribution in [0.3, 0.4) is 0 Å². The lowest BCUT2D eigenvalue weighted by Crippen LogP contribution is -2.47. The van der Waals surface area contributed by atoms with Gasteiger partial charge < -0.3 is 10.2 Å². The zero-order valence-corrected chi connectivity index (χ0v) is 21.3. The number of rotatable bonds is 4. The molecule has 11 heteroatoms. The summed E-state index contributed by atoms with van der Waals surface area (Å²) in [4.78, 5) is 19.9. The molecule has 1 fully saturated rings. The molecule has 0 unspecified atom stereocenters. The number of nitriles is 1. The van der Waals surface area contributed by atoms with Crippen molar-refractivity contribution in [3.8, 4) is 23.1 Å². The molecule has 37 heavy (non-hydrogen) atoms. The van der Waals surface area contributed by atoms with Crippen molar-refractivity contribution in [3.63, 3.8) is 0 Å². The van der Waals surface area contributed by atoms with Crippen molar-refractivity contribution in [2.75, 3.05) is 20.1 Å². The zero-order valence-electron chi connectivity index (χ0n) is 20.5. The van der Waals surface area contributed by atoms with Crippen LogP contribution in [0.5, 0.6) is 0 Å². The van der Waals surface area contributed by atoms with Gasteiger partial charge in [0.15, 0.2) is 0 Å². The number of hydrogen-bond donors (Lipinski definition) is 1. The van der Waals surface area contributed by atoms with Crippen LogP contribution in [0.2, 0.25) is 5.15 Å². The minimum Gasteiger partial charge on any atom is -0.336 e. The molecule has 4 aromatic rings. The fourth-order valence-corrected chi connectivity index (χ4v) is 5.02. The van der Waals surface area contributed by atoms with Gasteiger partial charge in [-0.05, 0) is 51.1 Å². The van der Waals surface area contributed by atoms with Gasteiger partial charge in [-0.15, -0.1) is 0 Å². The van der Waals surface area contributed by atoms with E-state index in [1.54, 1.807) is 31.0 Å². The molecule has 190 valence electrons. The monoisotopic (exact) mass is 523 g/mol. The molecule has 2 aromatic carbocycles. The molecule has 1 saturated heterocycles. The van der Waals surface area contributed by atoms with Crippen LogP contribution >= 0.6 is 11.6 Å². The average molecular weight is 524 g/mol. The molecule has 1 atom stereocenters. The van der Waals surface area contributed by atoms with Crippen molar-refractivity contribution >= 4 is 28.4 Å². The van der Waals surface area contributed by atoms with Crippen molar-refractivity contribution in [1.82, 2.24) is 29.5 Å². The van der Waals surface area contributed by atoms with Crippen LogP contribution in [0.1, 0.15) is 34.6 Å². The van der Waals surface area contributed by atoms with E-state index in [-0.39, 0.29) is 34.7 Å². The number of fused-ring (bicyclic) bond motifs is 1. The number of carbonyl (C=O) groups is 1. The summed E-state index contributed by atoms with van der Waals surface area (Å²) in [5.74, 6) is -1.46. The Balaban J connectivity index is 1.72. The van der Waals surface area contributed by atoms with Gasteiger partial charge in [0.05, 0.1) is 22.5 Å². The predicted octanol–water partition coefficient (Wildman–Crippen LogP) is 4.36. The fourth-order valence-electron chi connectivity index (χ4n) is 4.83. The Bertz CT molecular complexity index is 1590. The van der Waals surface area contributed by atoms with E-state index in [4.69, 9.17) is 16.9 Å². The highest BCUT2D eigenvalue weighted by Gasteiger charge is 2.30. The number of aryl methyl sites for hydroxylation is 1. The van der Waals surface area contributed by atoms with Gasteiger partial charge in [-0.25, -0.2) is 13.8 Å². The van der Waals surface area contributed by atoms with Crippen LogP contribution in [0.15, 0.2) is 30.3 Å². The quantitative estimate of drug-likeness (QED) is 0.429. The van der Waals surface area contributed by atoms with Gasteiger partial charge >= 0.3 is 0 Å². The Labute approximate surface area is 217 Å². The van der Waals surface area contributed by atoms with Crippen LogP contribution in [-0.2, 0) is 7.05 Å². The molecule has 1 N–H and O–H groups in total.